The molecule has 1 fully saturated rings. The summed E-state index contributed by atoms with van der Waals surface area (Å²) in [4.78, 5) is 24.4. The van der Waals surface area contributed by atoms with Crippen LogP contribution in [0, 0.1) is 0 Å². The maximum absolute atomic E-state index is 11.6. The summed E-state index contributed by atoms with van der Waals surface area (Å²) in [6.07, 6.45) is 0. The molecule has 0 aliphatic carbocycles. The lowest BCUT2D eigenvalue weighted by Crippen LogP contribution is -2.50. The molecule has 0 unspecified atom stereocenters. The van der Waals surface area contributed by atoms with Gasteiger partial charge in [-0.2, -0.15) is 0 Å². The summed E-state index contributed by atoms with van der Waals surface area (Å²) < 4.78 is 10.5. The zero-order chi connectivity index (χ0) is 12.5. The monoisotopic (exact) mass is 248 g/mol. The van der Waals surface area contributed by atoms with Gasteiger partial charge in [-0.05, 0) is 17.7 Å². The van der Waals surface area contributed by atoms with Gasteiger partial charge in [-0.3, -0.25) is 9.59 Å². The maximum Gasteiger partial charge on any atom is 0.242 e. The van der Waals surface area contributed by atoms with E-state index < -0.39 is 0 Å². The van der Waals surface area contributed by atoms with Crippen LogP contribution in [0.1, 0.15) is 5.56 Å². The summed E-state index contributed by atoms with van der Waals surface area (Å²) in [5, 5.41) is 2.51. The van der Waals surface area contributed by atoms with E-state index in [1.165, 1.54) is 4.90 Å². The summed E-state index contributed by atoms with van der Waals surface area (Å²) in [5.41, 5.74) is 0.919. The molecule has 0 atom stereocenters. The van der Waals surface area contributed by atoms with Gasteiger partial charge < -0.3 is 19.7 Å². The molecule has 6 nitrogen and oxygen atoms in total. The summed E-state index contributed by atoms with van der Waals surface area (Å²) in [7, 11) is 0. The first kappa shape index (κ1) is 10.9. The predicted octanol–water partition coefficient (Wildman–Crippen LogP) is -0.126. The Morgan fingerprint density at radius 1 is 1.22 bits per heavy atom. The number of hydrogen-bond acceptors (Lipinski definition) is 4. The van der Waals surface area contributed by atoms with Crippen LogP contribution < -0.4 is 14.8 Å². The lowest BCUT2D eigenvalue weighted by atomic mass is 10.1. The smallest absolute Gasteiger partial charge is 0.242 e. The SMILES string of the molecule is O=C1CN(Cc2ccc3c(c2)OCO3)C(=O)CN1. The van der Waals surface area contributed by atoms with Crippen molar-refractivity contribution in [2.45, 2.75) is 6.54 Å². The van der Waals surface area contributed by atoms with Gasteiger partial charge in [0.05, 0.1) is 13.1 Å². The van der Waals surface area contributed by atoms with Gasteiger partial charge in [-0.1, -0.05) is 6.07 Å². The molecule has 0 aromatic heterocycles. The number of fused-ring (bicyclic) bond motifs is 1. The fourth-order valence-electron chi connectivity index (χ4n) is 2.01. The first-order valence-corrected chi connectivity index (χ1v) is 5.65. The number of ether oxygens (including phenoxy) is 2. The van der Waals surface area contributed by atoms with Crippen LogP contribution in [0.25, 0.3) is 0 Å². The summed E-state index contributed by atoms with van der Waals surface area (Å²) in [6.45, 7) is 0.809. The van der Waals surface area contributed by atoms with Crippen molar-refractivity contribution in [1.29, 1.82) is 0 Å². The van der Waals surface area contributed by atoms with Crippen LogP contribution in [0.4, 0.5) is 0 Å². The average molecular weight is 248 g/mol. The molecule has 3 rings (SSSR count). The van der Waals surface area contributed by atoms with Gasteiger partial charge in [0.15, 0.2) is 11.5 Å². The number of hydrogen-bond donors (Lipinski definition) is 1. The van der Waals surface area contributed by atoms with Gasteiger partial charge in [0.2, 0.25) is 18.6 Å². The number of nitrogens with zero attached hydrogens (tertiary/aromatic N) is 1. The highest BCUT2D eigenvalue weighted by Gasteiger charge is 2.23. The van der Waals surface area contributed by atoms with Crippen LogP contribution in [0.3, 0.4) is 0 Å². The second-order valence-electron chi connectivity index (χ2n) is 4.21. The molecule has 1 aromatic rings. The van der Waals surface area contributed by atoms with Crippen LogP contribution in [-0.4, -0.2) is 36.6 Å². The highest BCUT2D eigenvalue weighted by molar-refractivity contribution is 5.92. The molecule has 18 heavy (non-hydrogen) atoms. The average Bonchev–Trinajstić information content (AvgIpc) is 2.81. The van der Waals surface area contributed by atoms with Crippen molar-refractivity contribution >= 4 is 11.8 Å². The number of carbonyl (C=O) groups excluding carboxylic acids is 2. The van der Waals surface area contributed by atoms with Gasteiger partial charge in [0, 0.05) is 6.54 Å². The Bertz CT molecular complexity index is 515. The van der Waals surface area contributed by atoms with E-state index in [1.54, 1.807) is 0 Å². The van der Waals surface area contributed by atoms with Crippen molar-refractivity contribution in [2.24, 2.45) is 0 Å². The van der Waals surface area contributed by atoms with Gasteiger partial charge in [0.1, 0.15) is 0 Å². The van der Waals surface area contributed by atoms with E-state index in [0.717, 1.165) is 5.56 Å². The topological polar surface area (TPSA) is 67.9 Å². The second kappa shape index (κ2) is 4.21. The van der Waals surface area contributed by atoms with E-state index in [0.29, 0.717) is 18.0 Å². The first-order chi connectivity index (χ1) is 8.72. The molecule has 2 aliphatic rings. The number of benzene rings is 1. The summed E-state index contributed by atoms with van der Waals surface area (Å²) >= 11 is 0. The predicted molar refractivity (Wildman–Crippen MR) is 61.0 cm³/mol. The molecule has 94 valence electrons. The van der Waals surface area contributed by atoms with Gasteiger partial charge >= 0.3 is 0 Å². The number of piperazine rings is 1. The zero-order valence-corrected chi connectivity index (χ0v) is 9.64. The molecule has 2 amide bonds. The Kier molecular flexibility index (Phi) is 2.55. The number of carbonyl (C=O) groups is 2. The van der Waals surface area contributed by atoms with Gasteiger partial charge in [-0.15, -0.1) is 0 Å². The molecule has 1 saturated heterocycles. The molecule has 0 saturated carbocycles. The third-order valence-corrected chi connectivity index (χ3v) is 2.93. The Hall–Kier alpha value is -2.24. The van der Waals surface area contributed by atoms with Crippen molar-refractivity contribution in [3.8, 4) is 11.5 Å². The minimum atomic E-state index is -0.129. The van der Waals surface area contributed by atoms with Crippen LogP contribution >= 0.6 is 0 Å². The van der Waals surface area contributed by atoms with Crippen LogP contribution in [0.2, 0.25) is 0 Å². The molecular weight excluding hydrogens is 236 g/mol. The zero-order valence-electron chi connectivity index (χ0n) is 9.64. The molecule has 2 aliphatic heterocycles. The Balaban J connectivity index is 1.75. The van der Waals surface area contributed by atoms with Crippen molar-refractivity contribution in [1.82, 2.24) is 10.2 Å². The van der Waals surface area contributed by atoms with E-state index in [4.69, 9.17) is 9.47 Å². The Morgan fingerprint density at radius 3 is 2.94 bits per heavy atom. The highest BCUT2D eigenvalue weighted by atomic mass is 16.7. The Morgan fingerprint density at radius 2 is 2.06 bits per heavy atom. The van der Waals surface area contributed by atoms with Crippen molar-refractivity contribution in [3.05, 3.63) is 23.8 Å². The second-order valence-corrected chi connectivity index (χ2v) is 4.21. The van der Waals surface area contributed by atoms with Crippen LogP contribution in [0.5, 0.6) is 11.5 Å². The minimum Gasteiger partial charge on any atom is -0.454 e. The van der Waals surface area contributed by atoms with E-state index in [9.17, 15) is 9.59 Å². The van der Waals surface area contributed by atoms with E-state index in [1.807, 2.05) is 18.2 Å². The molecule has 0 spiro atoms. The quantitative estimate of drug-likeness (QED) is 0.792. The minimum absolute atomic E-state index is 0.0728. The lowest BCUT2D eigenvalue weighted by Gasteiger charge is -2.26. The van der Waals surface area contributed by atoms with Gasteiger partial charge in [-0.25, -0.2) is 0 Å². The molecule has 6 heteroatoms. The van der Waals surface area contributed by atoms with Crippen molar-refractivity contribution < 1.29 is 19.1 Å². The van der Waals surface area contributed by atoms with E-state index in [-0.39, 0.29) is 31.7 Å². The molecular formula is C12H12N2O4. The first-order valence-electron chi connectivity index (χ1n) is 5.65. The lowest BCUT2D eigenvalue weighted by molar-refractivity contribution is -0.141. The molecule has 0 radical (unpaired) electrons. The fourth-order valence-corrected chi connectivity index (χ4v) is 2.01. The maximum atomic E-state index is 11.6. The largest absolute Gasteiger partial charge is 0.454 e. The third-order valence-electron chi connectivity index (χ3n) is 2.93. The third kappa shape index (κ3) is 1.97. The number of amides is 2. The normalized spacial score (nSPS) is 17.9. The van der Waals surface area contributed by atoms with Crippen molar-refractivity contribution in [2.75, 3.05) is 19.9 Å². The standard InChI is InChI=1S/C12H12N2O4/c15-11-6-14(12(16)4-13-11)5-8-1-2-9-10(3-8)18-7-17-9/h1-3H,4-7H2,(H,13,15). The van der Waals surface area contributed by atoms with Crippen LogP contribution in [-0.2, 0) is 16.1 Å². The molecule has 2 heterocycles. The number of nitrogens with one attached hydrogen (secondary N) is 1. The molecule has 0 bridgehead atoms. The van der Waals surface area contributed by atoms with E-state index >= 15 is 0 Å². The van der Waals surface area contributed by atoms with Crippen LogP contribution in [0.15, 0.2) is 18.2 Å². The summed E-state index contributed by atoms with van der Waals surface area (Å²) in [6, 6.07) is 5.52. The highest BCUT2D eigenvalue weighted by Crippen LogP contribution is 2.32. The Labute approximate surface area is 103 Å². The molecule has 1 N–H and O–H groups in total. The fraction of sp³-hybridized carbons (Fsp3) is 0.333. The summed E-state index contributed by atoms with van der Waals surface area (Å²) in [5.74, 6) is 1.19. The number of rotatable bonds is 2. The molecule has 1 aromatic carbocycles. The van der Waals surface area contributed by atoms with Gasteiger partial charge in [0.25, 0.3) is 0 Å². The van der Waals surface area contributed by atoms with E-state index in [2.05, 4.69) is 5.32 Å². The van der Waals surface area contributed by atoms with Crippen molar-refractivity contribution in [3.63, 3.8) is 0 Å².